The van der Waals surface area contributed by atoms with Crippen LogP contribution in [0.5, 0.6) is 0 Å². The summed E-state index contributed by atoms with van der Waals surface area (Å²) in [7, 11) is 0. The van der Waals surface area contributed by atoms with E-state index in [1.165, 1.54) is 0 Å². The third kappa shape index (κ3) is 19.9. The van der Waals surface area contributed by atoms with E-state index >= 15 is 0 Å². The standard InChI is InChI=1S/C4H8F2O.CH3.Rf/c1-2-3-4(5,6)7;;/h7H,2-3H2,1H3;1H3;/q;-1;. The van der Waals surface area contributed by atoms with Crippen LogP contribution in [-0.2, 0) is 0 Å². The predicted molar refractivity (Wildman–Crippen MR) is 28.5 cm³/mol. The van der Waals surface area contributed by atoms with E-state index in [-0.39, 0.29) is 7.43 Å². The maximum Gasteiger partial charge on any atom is 0.353 e. The van der Waals surface area contributed by atoms with E-state index < -0.39 is 12.5 Å². The molecule has 1 nitrogen and oxygen atoms in total. The number of rotatable bonds is 2. The van der Waals surface area contributed by atoms with Crippen LogP contribution in [0.3, 0.4) is 0 Å². The van der Waals surface area contributed by atoms with Gasteiger partial charge >= 0.3 is 6.11 Å². The van der Waals surface area contributed by atoms with Gasteiger partial charge in [-0.3, -0.25) is 0 Å². The number of aliphatic hydroxyl groups is 1. The van der Waals surface area contributed by atoms with Crippen LogP contribution in [0.4, 0.5) is 8.78 Å². The van der Waals surface area contributed by atoms with Gasteiger partial charge in [0.05, 0.1) is 0 Å². The Hall–Kier alpha value is -1.18. The second-order valence-corrected chi connectivity index (χ2v) is 1.42. The van der Waals surface area contributed by atoms with Gasteiger partial charge < -0.3 is 12.5 Å². The summed E-state index contributed by atoms with van der Waals surface area (Å²) in [5, 5.41) is 7.68. The maximum absolute atomic E-state index is 11.3. The molecule has 0 unspecified atom stereocenters. The first kappa shape index (κ1) is 15.7. The second kappa shape index (κ2) is 4.97. The number of halogens is 2. The van der Waals surface area contributed by atoms with Gasteiger partial charge in [0.15, 0.2) is 0 Å². The minimum Gasteiger partial charge on any atom is -0.358 e. The first-order chi connectivity index (χ1) is 3.06. The van der Waals surface area contributed by atoms with Crippen LogP contribution in [0.1, 0.15) is 19.8 Å². The summed E-state index contributed by atoms with van der Waals surface area (Å²) in [6.07, 6.45) is -3.58. The Morgan fingerprint density at radius 1 is 1.44 bits per heavy atom. The first-order valence-electron chi connectivity index (χ1n) is 2.16. The van der Waals surface area contributed by atoms with Crippen molar-refractivity contribution in [2.75, 3.05) is 0 Å². The fourth-order valence-corrected chi connectivity index (χ4v) is 0.301. The van der Waals surface area contributed by atoms with Gasteiger partial charge in [-0.1, -0.05) is 6.92 Å². The van der Waals surface area contributed by atoms with Gasteiger partial charge in [-0.25, -0.2) is 0 Å². The summed E-state index contributed by atoms with van der Waals surface area (Å²) in [4.78, 5) is 0. The molecule has 0 rings (SSSR count). The van der Waals surface area contributed by atoms with Gasteiger partial charge in [0.25, 0.3) is 0 Å². The van der Waals surface area contributed by atoms with Crippen molar-refractivity contribution < 1.29 is 13.9 Å². The molecule has 0 saturated carbocycles. The summed E-state index contributed by atoms with van der Waals surface area (Å²) in [5.41, 5.74) is 0. The third-order valence-corrected chi connectivity index (χ3v) is 0.551. The van der Waals surface area contributed by atoms with Gasteiger partial charge in [0.1, 0.15) is 0 Å². The molecule has 0 bridgehead atoms. The number of hydrogen-bond donors (Lipinski definition) is 1. The van der Waals surface area contributed by atoms with Crippen LogP contribution in [0.15, 0.2) is 0 Å². The summed E-state index contributed by atoms with van der Waals surface area (Å²) >= 11 is 0. The Morgan fingerprint density at radius 2 is 1.78 bits per heavy atom. The molecular weight excluding hydrogens is 381 g/mol. The van der Waals surface area contributed by atoms with Crippen LogP contribution in [0.2, 0.25) is 0 Å². The molecule has 0 heterocycles. The maximum atomic E-state index is 11.3. The van der Waals surface area contributed by atoms with Gasteiger partial charge in [0.2, 0.25) is 0 Å². The molecule has 0 spiro atoms. The van der Waals surface area contributed by atoms with E-state index in [4.69, 9.17) is 5.11 Å². The predicted octanol–water partition coefficient (Wildman–Crippen LogP) is 1.82. The van der Waals surface area contributed by atoms with Crippen molar-refractivity contribution in [1.29, 1.82) is 0 Å². The molecule has 0 saturated heterocycles. The van der Waals surface area contributed by atoms with Crippen LogP contribution in [0, 0.1) is 7.43 Å². The average Bonchev–Trinajstić information content (AvgIpc) is 1.30. The topological polar surface area (TPSA) is 20.2 Å². The Morgan fingerprint density at radius 3 is 1.78 bits per heavy atom. The zero-order chi connectivity index (χ0) is 5.91. The molecule has 4 heteroatoms. The SMILES string of the molecule is CCCC(O)(F)F.[CH3-].[Rf]. The normalized spacial score (nSPS) is 9.33. The van der Waals surface area contributed by atoms with Gasteiger partial charge in [-0.2, -0.15) is 8.78 Å². The van der Waals surface area contributed by atoms with Gasteiger partial charge in [0, 0.05) is 6.42 Å². The molecule has 0 atom stereocenters. The minimum absolute atomic E-state index is 0. The fraction of sp³-hybridized carbons (Fsp3) is 0.800. The molecule has 0 radical (unpaired) electrons. The van der Waals surface area contributed by atoms with E-state index in [1.54, 1.807) is 6.92 Å². The molecule has 0 aliphatic carbocycles. The summed E-state index contributed by atoms with van der Waals surface area (Å²) in [6.45, 7) is 1.59. The molecule has 0 fully saturated rings. The van der Waals surface area contributed by atoms with Crippen LogP contribution in [-0.4, -0.2) is 11.2 Å². The van der Waals surface area contributed by atoms with Crippen LogP contribution < -0.4 is 0 Å². The monoisotopic (exact) mass is 392 g/mol. The fourth-order valence-electron chi connectivity index (χ4n) is 0.301. The molecule has 1 N–H and O–H groups in total. The second-order valence-electron chi connectivity index (χ2n) is 1.42. The molecule has 0 aromatic rings. The van der Waals surface area contributed by atoms with E-state index in [1.807, 2.05) is 0 Å². The average molecular weight is 392 g/mol. The van der Waals surface area contributed by atoms with E-state index in [9.17, 15) is 8.78 Å². The van der Waals surface area contributed by atoms with Crippen molar-refractivity contribution in [3.63, 3.8) is 0 Å². The number of alkyl halides is 2. The van der Waals surface area contributed by atoms with Crippen molar-refractivity contribution in [1.82, 2.24) is 0 Å². The summed E-state index contributed by atoms with van der Waals surface area (Å²) in [5.74, 6) is 0. The molecule has 0 amide bonds. The number of hydrogen-bond acceptors (Lipinski definition) is 1. The molecular formula is C5H11F2ORf-. The molecule has 54 valence electrons. The quantitative estimate of drug-likeness (QED) is 0.712. The molecule has 0 aromatic heterocycles. The zero-order valence-electron chi connectivity index (χ0n) is 5.82. The summed E-state index contributed by atoms with van der Waals surface area (Å²) in [6, 6.07) is 0. The smallest absolute Gasteiger partial charge is 0.353 e. The van der Waals surface area contributed by atoms with Crippen molar-refractivity contribution in [2.24, 2.45) is 0 Å². The van der Waals surface area contributed by atoms with Crippen LogP contribution >= 0.6 is 0 Å². The third-order valence-electron chi connectivity index (χ3n) is 0.551. The Bertz CT molecular complexity index is 53.4. The largest absolute Gasteiger partial charge is 0.358 e. The van der Waals surface area contributed by atoms with E-state index in [0.717, 1.165) is 0 Å². The van der Waals surface area contributed by atoms with Crippen molar-refractivity contribution in [3.05, 3.63) is 7.43 Å². The van der Waals surface area contributed by atoms with Gasteiger partial charge in [-0.15, -0.1) is 0 Å². The van der Waals surface area contributed by atoms with Crippen molar-refractivity contribution in [2.45, 2.75) is 25.9 Å². The van der Waals surface area contributed by atoms with Crippen molar-refractivity contribution >= 4 is 0 Å². The molecule has 0 aliphatic rings. The van der Waals surface area contributed by atoms with E-state index in [0.29, 0.717) is 6.42 Å². The Balaban J connectivity index is -0.000000180. The molecule has 9 heavy (non-hydrogen) atoms. The first-order valence-corrected chi connectivity index (χ1v) is 2.16. The van der Waals surface area contributed by atoms with Crippen molar-refractivity contribution in [3.8, 4) is 0 Å². The molecule has 0 aliphatic heterocycles. The summed E-state index contributed by atoms with van der Waals surface area (Å²) < 4.78 is 22.6. The Kier molecular flexibility index (Phi) is 8.64. The zero-order valence-corrected chi connectivity index (χ0v) is 12.2. The van der Waals surface area contributed by atoms with Gasteiger partial charge in [-0.05, 0) is 6.42 Å². The minimum atomic E-state index is -3.45. The Labute approximate surface area is 48.3 Å². The molecule has 0 aromatic carbocycles. The van der Waals surface area contributed by atoms with E-state index in [2.05, 4.69) is 0 Å². The van der Waals surface area contributed by atoms with Crippen LogP contribution in [0.25, 0.3) is 0 Å².